The van der Waals surface area contributed by atoms with E-state index in [-0.39, 0.29) is 18.1 Å². The van der Waals surface area contributed by atoms with Crippen molar-refractivity contribution in [3.63, 3.8) is 0 Å². The van der Waals surface area contributed by atoms with Crippen LogP contribution in [0.2, 0.25) is 0 Å². The van der Waals surface area contributed by atoms with Gasteiger partial charge in [0.15, 0.2) is 11.5 Å². The van der Waals surface area contributed by atoms with Crippen molar-refractivity contribution in [3.05, 3.63) is 42.5 Å². The first-order valence-corrected chi connectivity index (χ1v) is 8.76. The molecule has 0 spiro atoms. The molecule has 0 saturated heterocycles. The third-order valence-corrected chi connectivity index (χ3v) is 4.64. The molecule has 1 aromatic carbocycles. The number of methoxy groups -OCH3 is 1. The van der Waals surface area contributed by atoms with Crippen molar-refractivity contribution in [1.29, 1.82) is 0 Å². The Hall–Kier alpha value is -2.50. The SMILES string of the molecule is COc1cc(CNC(=O)[C@@H](C)n2ccnc2)ccc1OC1CCCC1. The highest BCUT2D eigenvalue weighted by Gasteiger charge is 2.19. The van der Waals surface area contributed by atoms with Crippen LogP contribution in [0.15, 0.2) is 36.9 Å². The Balaban J connectivity index is 1.59. The van der Waals surface area contributed by atoms with Gasteiger partial charge in [0.25, 0.3) is 0 Å². The van der Waals surface area contributed by atoms with Gasteiger partial charge in [0.1, 0.15) is 6.04 Å². The maximum atomic E-state index is 12.3. The van der Waals surface area contributed by atoms with Crippen molar-refractivity contribution in [2.24, 2.45) is 0 Å². The molecule has 6 nitrogen and oxygen atoms in total. The molecule has 0 radical (unpaired) electrons. The molecule has 3 rings (SSSR count). The van der Waals surface area contributed by atoms with Crippen LogP contribution in [0.1, 0.15) is 44.2 Å². The zero-order valence-electron chi connectivity index (χ0n) is 14.8. The Morgan fingerprint density at radius 1 is 1.36 bits per heavy atom. The normalized spacial score (nSPS) is 15.8. The molecular weight excluding hydrogens is 318 g/mol. The third kappa shape index (κ3) is 4.32. The van der Waals surface area contributed by atoms with Crippen molar-refractivity contribution in [2.45, 2.75) is 51.3 Å². The molecule has 1 heterocycles. The van der Waals surface area contributed by atoms with E-state index in [2.05, 4.69) is 10.3 Å². The zero-order valence-corrected chi connectivity index (χ0v) is 14.8. The fraction of sp³-hybridized carbons (Fsp3) is 0.474. The Bertz CT molecular complexity index is 694. The number of hydrogen-bond acceptors (Lipinski definition) is 4. The molecule has 1 N–H and O–H groups in total. The van der Waals surface area contributed by atoms with Gasteiger partial charge in [-0.05, 0) is 50.3 Å². The van der Waals surface area contributed by atoms with Crippen molar-refractivity contribution in [2.75, 3.05) is 7.11 Å². The lowest BCUT2D eigenvalue weighted by Crippen LogP contribution is -2.30. The van der Waals surface area contributed by atoms with Crippen LogP contribution in [-0.4, -0.2) is 28.7 Å². The molecule has 1 saturated carbocycles. The van der Waals surface area contributed by atoms with E-state index < -0.39 is 0 Å². The van der Waals surface area contributed by atoms with Crippen LogP contribution >= 0.6 is 0 Å². The number of carbonyl (C=O) groups excluding carboxylic acids is 1. The predicted molar refractivity (Wildman–Crippen MR) is 94.7 cm³/mol. The molecule has 0 unspecified atom stereocenters. The van der Waals surface area contributed by atoms with Crippen molar-refractivity contribution in [3.8, 4) is 11.5 Å². The van der Waals surface area contributed by atoms with Gasteiger partial charge in [-0.1, -0.05) is 6.07 Å². The monoisotopic (exact) mass is 343 g/mol. The molecule has 134 valence electrons. The van der Waals surface area contributed by atoms with Gasteiger partial charge < -0.3 is 19.4 Å². The average Bonchev–Trinajstić information content (AvgIpc) is 3.33. The maximum absolute atomic E-state index is 12.3. The van der Waals surface area contributed by atoms with E-state index in [0.29, 0.717) is 12.3 Å². The maximum Gasteiger partial charge on any atom is 0.243 e. The Morgan fingerprint density at radius 2 is 2.16 bits per heavy atom. The second-order valence-electron chi connectivity index (χ2n) is 6.41. The van der Waals surface area contributed by atoms with Gasteiger partial charge >= 0.3 is 0 Å². The lowest BCUT2D eigenvalue weighted by molar-refractivity contribution is -0.124. The zero-order chi connectivity index (χ0) is 17.6. The molecule has 1 aromatic heterocycles. The minimum absolute atomic E-state index is 0.0525. The first kappa shape index (κ1) is 17.3. The van der Waals surface area contributed by atoms with Crippen molar-refractivity contribution in [1.82, 2.24) is 14.9 Å². The Labute approximate surface area is 148 Å². The van der Waals surface area contributed by atoms with Gasteiger partial charge in [-0.2, -0.15) is 0 Å². The van der Waals surface area contributed by atoms with E-state index in [4.69, 9.17) is 9.47 Å². The molecule has 25 heavy (non-hydrogen) atoms. The second kappa shape index (κ2) is 8.05. The van der Waals surface area contributed by atoms with Gasteiger partial charge in [0.05, 0.1) is 19.5 Å². The molecule has 1 amide bonds. The van der Waals surface area contributed by atoms with E-state index in [1.807, 2.05) is 25.1 Å². The topological polar surface area (TPSA) is 65.4 Å². The molecule has 1 fully saturated rings. The van der Waals surface area contributed by atoms with Crippen molar-refractivity contribution < 1.29 is 14.3 Å². The van der Waals surface area contributed by atoms with Gasteiger partial charge in [0.2, 0.25) is 5.91 Å². The van der Waals surface area contributed by atoms with E-state index in [1.54, 1.807) is 30.4 Å². The molecule has 1 aliphatic carbocycles. The van der Waals surface area contributed by atoms with Crippen molar-refractivity contribution >= 4 is 5.91 Å². The largest absolute Gasteiger partial charge is 0.493 e. The number of amides is 1. The highest BCUT2D eigenvalue weighted by molar-refractivity contribution is 5.79. The van der Waals surface area contributed by atoms with Crippen LogP contribution in [0, 0.1) is 0 Å². The van der Waals surface area contributed by atoms with Crippen LogP contribution in [-0.2, 0) is 11.3 Å². The van der Waals surface area contributed by atoms with E-state index in [1.165, 1.54) is 12.8 Å². The molecule has 0 aliphatic heterocycles. The number of carbonyl (C=O) groups is 1. The number of ether oxygens (including phenoxy) is 2. The van der Waals surface area contributed by atoms with E-state index >= 15 is 0 Å². The standard InChI is InChI=1S/C19H25N3O3/c1-14(22-10-9-20-13-22)19(23)21-12-15-7-8-17(18(11-15)24-2)25-16-5-3-4-6-16/h7-11,13-14,16H,3-6,12H2,1-2H3,(H,21,23)/t14-/m1/s1. The fourth-order valence-electron chi connectivity index (χ4n) is 3.08. The summed E-state index contributed by atoms with van der Waals surface area (Å²) in [6.45, 7) is 2.29. The Morgan fingerprint density at radius 3 is 2.84 bits per heavy atom. The number of nitrogens with zero attached hydrogens (tertiary/aromatic N) is 2. The van der Waals surface area contributed by atoms with Crippen LogP contribution in [0.5, 0.6) is 11.5 Å². The molecular formula is C19H25N3O3. The summed E-state index contributed by atoms with van der Waals surface area (Å²) in [4.78, 5) is 16.2. The number of imidazole rings is 1. The number of benzene rings is 1. The smallest absolute Gasteiger partial charge is 0.243 e. The number of rotatable bonds is 7. The quantitative estimate of drug-likeness (QED) is 0.839. The average molecular weight is 343 g/mol. The fourth-order valence-corrected chi connectivity index (χ4v) is 3.08. The summed E-state index contributed by atoms with van der Waals surface area (Å²) >= 11 is 0. The van der Waals surface area contributed by atoms with Gasteiger partial charge in [-0.25, -0.2) is 4.98 Å². The predicted octanol–water partition coefficient (Wildman–Crippen LogP) is 3.09. The molecule has 1 aliphatic rings. The summed E-state index contributed by atoms with van der Waals surface area (Å²) in [7, 11) is 1.64. The first-order chi connectivity index (χ1) is 12.2. The first-order valence-electron chi connectivity index (χ1n) is 8.76. The summed E-state index contributed by atoms with van der Waals surface area (Å²) in [5, 5.41) is 2.95. The van der Waals surface area contributed by atoms with E-state index in [0.717, 1.165) is 24.2 Å². The highest BCUT2D eigenvalue weighted by atomic mass is 16.5. The van der Waals surface area contributed by atoms with Gasteiger partial charge in [-0.3, -0.25) is 4.79 Å². The van der Waals surface area contributed by atoms with Crippen LogP contribution in [0.25, 0.3) is 0 Å². The van der Waals surface area contributed by atoms with Gasteiger partial charge in [0, 0.05) is 18.9 Å². The highest BCUT2D eigenvalue weighted by Crippen LogP contribution is 2.32. The number of nitrogens with one attached hydrogen (secondary N) is 1. The third-order valence-electron chi connectivity index (χ3n) is 4.64. The summed E-state index contributed by atoms with van der Waals surface area (Å²) in [5.41, 5.74) is 0.974. The molecule has 6 heteroatoms. The van der Waals surface area contributed by atoms with Crippen LogP contribution < -0.4 is 14.8 Å². The second-order valence-corrected chi connectivity index (χ2v) is 6.41. The summed E-state index contributed by atoms with van der Waals surface area (Å²) in [6.07, 6.45) is 10.0. The molecule has 2 aromatic rings. The number of aromatic nitrogens is 2. The minimum atomic E-state index is -0.297. The lowest BCUT2D eigenvalue weighted by atomic mass is 10.2. The Kier molecular flexibility index (Phi) is 5.58. The summed E-state index contributed by atoms with van der Waals surface area (Å²) in [5.74, 6) is 1.43. The minimum Gasteiger partial charge on any atom is -0.493 e. The molecule has 0 bridgehead atoms. The summed E-state index contributed by atoms with van der Waals surface area (Å²) in [6, 6.07) is 5.52. The van der Waals surface area contributed by atoms with E-state index in [9.17, 15) is 4.79 Å². The number of hydrogen-bond donors (Lipinski definition) is 1. The van der Waals surface area contributed by atoms with Crippen LogP contribution in [0.4, 0.5) is 0 Å². The van der Waals surface area contributed by atoms with Gasteiger partial charge in [-0.15, -0.1) is 0 Å². The van der Waals surface area contributed by atoms with Crippen LogP contribution in [0.3, 0.4) is 0 Å². The lowest BCUT2D eigenvalue weighted by Gasteiger charge is -2.17. The summed E-state index contributed by atoms with van der Waals surface area (Å²) < 4.78 is 13.3. The molecule has 1 atom stereocenters.